The summed E-state index contributed by atoms with van der Waals surface area (Å²) in [6, 6.07) is 13.0. The summed E-state index contributed by atoms with van der Waals surface area (Å²) in [5.41, 5.74) is 0.886. The van der Waals surface area contributed by atoms with Crippen LogP contribution in [0.2, 0.25) is 0 Å². The van der Waals surface area contributed by atoms with Gasteiger partial charge in [0.2, 0.25) is 5.88 Å². The van der Waals surface area contributed by atoms with E-state index in [9.17, 15) is 18.5 Å². The van der Waals surface area contributed by atoms with Crippen molar-refractivity contribution in [2.45, 2.75) is 4.90 Å². The number of nitro benzene ring substituents is 1. The monoisotopic (exact) mass is 460 g/mol. The van der Waals surface area contributed by atoms with E-state index in [0.717, 1.165) is 0 Å². The molecule has 0 aliphatic rings. The molecule has 0 atom stereocenters. The lowest BCUT2D eigenvalue weighted by atomic mass is 10.3. The van der Waals surface area contributed by atoms with Gasteiger partial charge in [0.25, 0.3) is 15.7 Å². The van der Waals surface area contributed by atoms with Gasteiger partial charge in [-0.25, -0.2) is 18.4 Å². The standard InChI is InChI=1S/C18H16N6O5S2/c1-29-17-10-16(19-11-20-17)23-31(27,28)15-7-5-12(6-8-15)21-18(30)22-13-3-2-4-14(9-13)24(25)26/h2-11H,1H3,(H,19,20,23)(H2,21,22,30). The maximum absolute atomic E-state index is 12.5. The Bertz CT molecular complexity index is 1220. The normalized spacial score (nSPS) is 10.7. The third kappa shape index (κ3) is 5.83. The predicted molar refractivity (Wildman–Crippen MR) is 119 cm³/mol. The molecule has 1 aromatic heterocycles. The molecule has 0 bridgehead atoms. The molecule has 0 aliphatic heterocycles. The molecule has 0 aliphatic carbocycles. The van der Waals surface area contributed by atoms with Gasteiger partial charge in [-0.15, -0.1) is 0 Å². The number of benzene rings is 2. The van der Waals surface area contributed by atoms with Gasteiger partial charge < -0.3 is 15.4 Å². The van der Waals surface area contributed by atoms with Crippen molar-refractivity contribution in [3.05, 3.63) is 71.0 Å². The van der Waals surface area contributed by atoms with Gasteiger partial charge >= 0.3 is 0 Å². The molecule has 0 amide bonds. The van der Waals surface area contributed by atoms with Crippen LogP contribution in [0.1, 0.15) is 0 Å². The number of rotatable bonds is 7. The third-order valence-corrected chi connectivity index (χ3v) is 5.40. The number of non-ortho nitro benzene ring substituents is 1. The number of anilines is 3. The Labute approximate surface area is 182 Å². The summed E-state index contributed by atoms with van der Waals surface area (Å²) >= 11 is 5.19. The topological polar surface area (TPSA) is 148 Å². The van der Waals surface area contributed by atoms with Gasteiger partial charge in [0.1, 0.15) is 12.1 Å². The highest BCUT2D eigenvalue weighted by Gasteiger charge is 2.15. The average Bonchev–Trinajstić information content (AvgIpc) is 2.74. The second-order valence-corrected chi connectivity index (χ2v) is 8.05. The molecule has 0 saturated carbocycles. The van der Waals surface area contributed by atoms with Crippen molar-refractivity contribution in [1.29, 1.82) is 0 Å². The zero-order chi connectivity index (χ0) is 22.4. The molecular weight excluding hydrogens is 444 g/mol. The first-order chi connectivity index (χ1) is 14.8. The molecule has 160 valence electrons. The first-order valence-corrected chi connectivity index (χ1v) is 10.5. The molecule has 11 nitrogen and oxygen atoms in total. The summed E-state index contributed by atoms with van der Waals surface area (Å²) in [6.07, 6.45) is 1.18. The zero-order valence-corrected chi connectivity index (χ0v) is 17.6. The highest BCUT2D eigenvalue weighted by molar-refractivity contribution is 7.92. The highest BCUT2D eigenvalue weighted by Crippen LogP contribution is 2.20. The summed E-state index contributed by atoms with van der Waals surface area (Å²) in [7, 11) is -2.47. The van der Waals surface area contributed by atoms with Crippen molar-refractivity contribution in [2.24, 2.45) is 0 Å². The van der Waals surface area contributed by atoms with E-state index in [1.165, 1.54) is 62.0 Å². The Morgan fingerprint density at radius 1 is 1.06 bits per heavy atom. The second-order valence-electron chi connectivity index (χ2n) is 5.96. The van der Waals surface area contributed by atoms with Crippen molar-refractivity contribution >= 4 is 50.2 Å². The fourth-order valence-electron chi connectivity index (χ4n) is 2.41. The van der Waals surface area contributed by atoms with Gasteiger partial charge in [-0.2, -0.15) is 0 Å². The summed E-state index contributed by atoms with van der Waals surface area (Å²) in [5.74, 6) is 0.286. The van der Waals surface area contributed by atoms with E-state index < -0.39 is 14.9 Å². The Morgan fingerprint density at radius 3 is 2.45 bits per heavy atom. The molecule has 0 saturated heterocycles. The molecule has 0 fully saturated rings. The van der Waals surface area contributed by atoms with E-state index in [0.29, 0.717) is 11.4 Å². The van der Waals surface area contributed by atoms with Gasteiger partial charge in [-0.05, 0) is 42.5 Å². The van der Waals surface area contributed by atoms with Crippen LogP contribution in [0.5, 0.6) is 5.88 Å². The van der Waals surface area contributed by atoms with Gasteiger partial charge in [0.15, 0.2) is 5.11 Å². The van der Waals surface area contributed by atoms with Crippen LogP contribution in [-0.4, -0.2) is 35.5 Å². The van der Waals surface area contributed by atoms with Gasteiger partial charge in [-0.3, -0.25) is 14.8 Å². The van der Waals surface area contributed by atoms with Crippen molar-refractivity contribution in [3.8, 4) is 5.88 Å². The van der Waals surface area contributed by atoms with Crippen LogP contribution in [0, 0.1) is 10.1 Å². The molecule has 3 aromatic rings. The quantitative estimate of drug-likeness (QED) is 0.273. The average molecular weight is 460 g/mol. The van der Waals surface area contributed by atoms with Crippen molar-refractivity contribution in [3.63, 3.8) is 0 Å². The lowest BCUT2D eigenvalue weighted by Crippen LogP contribution is -2.19. The van der Waals surface area contributed by atoms with E-state index in [-0.39, 0.29) is 27.4 Å². The van der Waals surface area contributed by atoms with Crippen molar-refractivity contribution in [2.75, 3.05) is 22.5 Å². The lowest BCUT2D eigenvalue weighted by Gasteiger charge is -2.12. The smallest absolute Gasteiger partial charge is 0.271 e. The van der Waals surface area contributed by atoms with Crippen LogP contribution in [0.4, 0.5) is 22.9 Å². The first-order valence-electron chi connectivity index (χ1n) is 8.58. The highest BCUT2D eigenvalue weighted by atomic mass is 32.2. The van der Waals surface area contributed by atoms with Crippen molar-refractivity contribution in [1.82, 2.24) is 9.97 Å². The van der Waals surface area contributed by atoms with Crippen LogP contribution in [0.3, 0.4) is 0 Å². The molecule has 0 unspecified atom stereocenters. The molecule has 2 aromatic carbocycles. The number of methoxy groups -OCH3 is 1. The number of hydrogen-bond donors (Lipinski definition) is 3. The summed E-state index contributed by atoms with van der Waals surface area (Å²) in [5, 5.41) is 16.7. The summed E-state index contributed by atoms with van der Waals surface area (Å²) in [4.78, 5) is 18.0. The minimum absolute atomic E-state index is 0.00758. The van der Waals surface area contributed by atoms with E-state index >= 15 is 0 Å². The Balaban J connectivity index is 1.65. The number of nitrogens with one attached hydrogen (secondary N) is 3. The number of sulfonamides is 1. The molecule has 0 radical (unpaired) electrons. The molecule has 0 spiro atoms. The van der Waals surface area contributed by atoms with Gasteiger partial charge in [0.05, 0.1) is 16.9 Å². The third-order valence-electron chi connectivity index (χ3n) is 3.83. The summed E-state index contributed by atoms with van der Waals surface area (Å²) in [6.45, 7) is 0. The fourth-order valence-corrected chi connectivity index (χ4v) is 3.65. The van der Waals surface area contributed by atoms with E-state index in [1.807, 2.05) is 0 Å². The maximum atomic E-state index is 12.5. The number of aromatic nitrogens is 2. The van der Waals surface area contributed by atoms with Crippen LogP contribution < -0.4 is 20.1 Å². The minimum atomic E-state index is -3.88. The Morgan fingerprint density at radius 2 is 1.77 bits per heavy atom. The molecule has 31 heavy (non-hydrogen) atoms. The number of nitrogens with zero attached hydrogens (tertiary/aromatic N) is 3. The van der Waals surface area contributed by atoms with Gasteiger partial charge in [-0.1, -0.05) is 6.07 Å². The summed E-state index contributed by atoms with van der Waals surface area (Å²) < 4.78 is 32.4. The Hall–Kier alpha value is -3.84. The van der Waals surface area contributed by atoms with E-state index in [4.69, 9.17) is 17.0 Å². The predicted octanol–water partition coefficient (Wildman–Crippen LogP) is 3.00. The number of nitro groups is 1. The van der Waals surface area contributed by atoms with Gasteiger partial charge in [0, 0.05) is 29.6 Å². The number of ether oxygens (including phenoxy) is 1. The van der Waals surface area contributed by atoms with E-state index in [2.05, 4.69) is 25.3 Å². The first kappa shape index (κ1) is 21.9. The van der Waals surface area contributed by atoms with Crippen LogP contribution >= 0.6 is 12.2 Å². The largest absolute Gasteiger partial charge is 0.481 e. The second kappa shape index (κ2) is 9.32. The molecule has 3 N–H and O–H groups in total. The lowest BCUT2D eigenvalue weighted by molar-refractivity contribution is -0.384. The number of thiocarbonyl (C=S) groups is 1. The number of hydrogen-bond acceptors (Lipinski definition) is 8. The van der Waals surface area contributed by atoms with Crippen LogP contribution in [0.15, 0.2) is 65.8 Å². The Kier molecular flexibility index (Phi) is 6.57. The van der Waals surface area contributed by atoms with Crippen LogP contribution in [-0.2, 0) is 10.0 Å². The molecule has 1 heterocycles. The molecule has 13 heteroatoms. The zero-order valence-electron chi connectivity index (χ0n) is 16.0. The maximum Gasteiger partial charge on any atom is 0.271 e. The fraction of sp³-hybridized carbons (Fsp3) is 0.0556. The SMILES string of the molecule is COc1cc(NS(=O)(=O)c2ccc(NC(=S)Nc3cccc([N+](=O)[O-])c3)cc2)ncn1. The van der Waals surface area contributed by atoms with E-state index in [1.54, 1.807) is 6.07 Å². The minimum Gasteiger partial charge on any atom is -0.481 e. The molecule has 3 rings (SSSR count). The molecular formula is C18H16N6O5S2. The van der Waals surface area contributed by atoms with Crippen molar-refractivity contribution < 1.29 is 18.1 Å². The van der Waals surface area contributed by atoms with Crippen LogP contribution in [0.25, 0.3) is 0 Å².